The number of esters is 1. The fraction of sp³-hybridized carbons (Fsp3) is 0.120. The highest BCUT2D eigenvalue weighted by molar-refractivity contribution is 6.31. The van der Waals surface area contributed by atoms with Crippen LogP contribution in [0, 0.1) is 0 Å². The monoisotopic (exact) mass is 466 g/mol. The van der Waals surface area contributed by atoms with Crippen molar-refractivity contribution in [1.29, 1.82) is 0 Å². The van der Waals surface area contributed by atoms with Gasteiger partial charge >= 0.3 is 5.97 Å². The Kier molecular flexibility index (Phi) is 6.49. The standard InChI is InChI=1S/C25H20Cl2N2O3/c1-3-32-25(30)22-23(20-15-18(27)12-13-21(20)31-2)29(19-11-7-10-17(26)14-19)24(28-22)16-8-5-4-6-9-16/h4-15H,3H2,1-2H3. The van der Waals surface area contributed by atoms with Crippen LogP contribution in [0.5, 0.6) is 5.75 Å². The fourth-order valence-electron chi connectivity index (χ4n) is 3.52. The van der Waals surface area contributed by atoms with Crippen LogP contribution in [0.15, 0.2) is 72.8 Å². The van der Waals surface area contributed by atoms with Gasteiger partial charge in [0.1, 0.15) is 11.6 Å². The summed E-state index contributed by atoms with van der Waals surface area (Å²) in [7, 11) is 1.56. The second-order valence-corrected chi connectivity index (χ2v) is 7.75. The molecule has 0 atom stereocenters. The first-order chi connectivity index (χ1) is 15.5. The summed E-state index contributed by atoms with van der Waals surface area (Å²) >= 11 is 12.7. The molecule has 32 heavy (non-hydrogen) atoms. The van der Waals surface area contributed by atoms with E-state index in [4.69, 9.17) is 37.7 Å². The quantitative estimate of drug-likeness (QED) is 0.296. The van der Waals surface area contributed by atoms with Gasteiger partial charge in [-0.3, -0.25) is 4.57 Å². The van der Waals surface area contributed by atoms with Crippen LogP contribution in [0.2, 0.25) is 10.0 Å². The molecule has 0 unspecified atom stereocenters. The summed E-state index contributed by atoms with van der Waals surface area (Å²) in [6.07, 6.45) is 0. The van der Waals surface area contributed by atoms with Crippen molar-refractivity contribution in [1.82, 2.24) is 9.55 Å². The Labute approximate surface area is 196 Å². The van der Waals surface area contributed by atoms with E-state index in [1.54, 1.807) is 38.3 Å². The fourth-order valence-corrected chi connectivity index (χ4v) is 3.88. The van der Waals surface area contributed by atoms with Crippen LogP contribution in [0.4, 0.5) is 0 Å². The zero-order chi connectivity index (χ0) is 22.7. The molecule has 1 heterocycles. The van der Waals surface area contributed by atoms with Gasteiger partial charge < -0.3 is 9.47 Å². The van der Waals surface area contributed by atoms with Crippen molar-refractivity contribution in [3.8, 4) is 34.1 Å². The first kappa shape index (κ1) is 21.9. The molecule has 0 N–H and O–H groups in total. The van der Waals surface area contributed by atoms with Crippen LogP contribution in [-0.4, -0.2) is 29.2 Å². The summed E-state index contributed by atoms with van der Waals surface area (Å²) < 4.78 is 12.8. The van der Waals surface area contributed by atoms with Crippen LogP contribution in [0.3, 0.4) is 0 Å². The summed E-state index contributed by atoms with van der Waals surface area (Å²) in [6.45, 7) is 1.97. The number of benzene rings is 3. The number of imidazole rings is 1. The molecule has 7 heteroatoms. The zero-order valence-corrected chi connectivity index (χ0v) is 19.0. The van der Waals surface area contributed by atoms with Crippen LogP contribution in [0.1, 0.15) is 17.4 Å². The smallest absolute Gasteiger partial charge is 0.359 e. The van der Waals surface area contributed by atoms with Crippen LogP contribution in [0.25, 0.3) is 28.3 Å². The average Bonchev–Trinajstić information content (AvgIpc) is 3.20. The molecule has 3 aromatic carbocycles. The molecule has 0 saturated carbocycles. The normalized spacial score (nSPS) is 10.8. The molecule has 0 bridgehead atoms. The highest BCUT2D eigenvalue weighted by Gasteiger charge is 2.28. The molecule has 0 spiro atoms. The molecule has 1 aromatic heterocycles. The van der Waals surface area contributed by atoms with Gasteiger partial charge in [0.15, 0.2) is 5.69 Å². The summed E-state index contributed by atoms with van der Waals surface area (Å²) in [5.74, 6) is 0.568. The molecule has 4 rings (SSSR count). The number of nitrogens with zero attached hydrogens (tertiary/aromatic N) is 2. The lowest BCUT2D eigenvalue weighted by atomic mass is 10.1. The maximum atomic E-state index is 13.0. The predicted octanol–water partition coefficient (Wildman–Crippen LogP) is 6.70. The van der Waals surface area contributed by atoms with E-state index in [0.717, 1.165) is 11.3 Å². The summed E-state index contributed by atoms with van der Waals surface area (Å²) in [4.78, 5) is 17.8. The molecule has 0 aliphatic heterocycles. The summed E-state index contributed by atoms with van der Waals surface area (Å²) in [6, 6.07) is 22.2. The number of carbonyl (C=O) groups is 1. The minimum atomic E-state index is -0.539. The number of ether oxygens (including phenoxy) is 2. The topological polar surface area (TPSA) is 53.3 Å². The Morgan fingerprint density at radius 1 is 0.969 bits per heavy atom. The number of hydrogen-bond acceptors (Lipinski definition) is 4. The van der Waals surface area contributed by atoms with Gasteiger partial charge in [-0.2, -0.15) is 0 Å². The molecule has 162 valence electrons. The van der Waals surface area contributed by atoms with E-state index in [9.17, 15) is 4.79 Å². The highest BCUT2D eigenvalue weighted by atomic mass is 35.5. The van der Waals surface area contributed by atoms with E-state index in [0.29, 0.717) is 32.9 Å². The van der Waals surface area contributed by atoms with Crippen LogP contribution >= 0.6 is 23.2 Å². The lowest BCUT2D eigenvalue weighted by molar-refractivity contribution is 0.0521. The van der Waals surface area contributed by atoms with Crippen molar-refractivity contribution >= 4 is 29.2 Å². The molecule has 0 amide bonds. The zero-order valence-electron chi connectivity index (χ0n) is 17.5. The lowest BCUT2D eigenvalue weighted by Crippen LogP contribution is -2.08. The number of methoxy groups -OCH3 is 1. The summed E-state index contributed by atoms with van der Waals surface area (Å²) in [5.41, 5.74) is 2.83. The van der Waals surface area contributed by atoms with Crippen molar-refractivity contribution in [3.63, 3.8) is 0 Å². The Hall–Kier alpha value is -3.28. The average molecular weight is 467 g/mol. The van der Waals surface area contributed by atoms with E-state index < -0.39 is 5.97 Å². The van der Waals surface area contributed by atoms with Gasteiger partial charge in [0, 0.05) is 26.9 Å². The second kappa shape index (κ2) is 9.47. The minimum absolute atomic E-state index is 0.159. The van der Waals surface area contributed by atoms with Gasteiger partial charge in [-0.1, -0.05) is 59.6 Å². The molecule has 0 radical (unpaired) electrons. The summed E-state index contributed by atoms with van der Waals surface area (Å²) in [5, 5.41) is 1.05. The molecule has 4 aromatic rings. The van der Waals surface area contributed by atoms with E-state index >= 15 is 0 Å². The third-order valence-corrected chi connectivity index (χ3v) is 5.33. The number of carbonyl (C=O) groups excluding carboxylic acids is 1. The number of hydrogen-bond donors (Lipinski definition) is 0. The first-order valence-electron chi connectivity index (χ1n) is 9.98. The minimum Gasteiger partial charge on any atom is -0.496 e. The Morgan fingerprint density at radius 3 is 2.41 bits per heavy atom. The molecule has 0 saturated heterocycles. The van der Waals surface area contributed by atoms with Gasteiger partial charge in [-0.15, -0.1) is 0 Å². The largest absolute Gasteiger partial charge is 0.496 e. The second-order valence-electron chi connectivity index (χ2n) is 6.88. The number of rotatable bonds is 6. The van der Waals surface area contributed by atoms with Gasteiger partial charge in [-0.05, 0) is 43.3 Å². The van der Waals surface area contributed by atoms with Crippen molar-refractivity contribution in [2.75, 3.05) is 13.7 Å². The van der Waals surface area contributed by atoms with Crippen molar-refractivity contribution in [3.05, 3.63) is 88.5 Å². The van der Waals surface area contributed by atoms with Crippen molar-refractivity contribution in [2.45, 2.75) is 6.92 Å². The van der Waals surface area contributed by atoms with E-state index in [2.05, 4.69) is 0 Å². The molecular weight excluding hydrogens is 447 g/mol. The van der Waals surface area contributed by atoms with Gasteiger partial charge in [0.25, 0.3) is 0 Å². The van der Waals surface area contributed by atoms with Crippen molar-refractivity contribution in [2.24, 2.45) is 0 Å². The maximum Gasteiger partial charge on any atom is 0.359 e. The number of halogens is 2. The number of aromatic nitrogens is 2. The Morgan fingerprint density at radius 2 is 1.72 bits per heavy atom. The SMILES string of the molecule is CCOC(=O)c1nc(-c2ccccc2)n(-c2cccc(Cl)c2)c1-c1cc(Cl)ccc1OC. The molecule has 5 nitrogen and oxygen atoms in total. The van der Waals surface area contributed by atoms with Gasteiger partial charge in [-0.25, -0.2) is 9.78 Å². The van der Waals surface area contributed by atoms with E-state index in [1.807, 2.05) is 53.1 Å². The van der Waals surface area contributed by atoms with Gasteiger partial charge in [0.05, 0.1) is 19.4 Å². The predicted molar refractivity (Wildman–Crippen MR) is 127 cm³/mol. The molecule has 0 aliphatic carbocycles. The van der Waals surface area contributed by atoms with E-state index in [1.165, 1.54) is 0 Å². The molecule has 0 aliphatic rings. The van der Waals surface area contributed by atoms with Crippen LogP contribution < -0.4 is 4.74 Å². The first-order valence-corrected chi connectivity index (χ1v) is 10.7. The van der Waals surface area contributed by atoms with Crippen molar-refractivity contribution < 1.29 is 14.3 Å². The van der Waals surface area contributed by atoms with E-state index in [-0.39, 0.29) is 12.3 Å². The third-order valence-electron chi connectivity index (χ3n) is 4.86. The molecule has 0 fully saturated rings. The molecular formula is C25H20Cl2N2O3. The third kappa shape index (κ3) is 4.22. The Bertz CT molecular complexity index is 1270. The Balaban J connectivity index is 2.14. The maximum absolute atomic E-state index is 13.0. The van der Waals surface area contributed by atoms with Gasteiger partial charge in [0.2, 0.25) is 0 Å². The lowest BCUT2D eigenvalue weighted by Gasteiger charge is -2.16. The highest BCUT2D eigenvalue weighted by Crippen LogP contribution is 2.39. The van der Waals surface area contributed by atoms with Crippen LogP contribution in [-0.2, 0) is 4.74 Å².